The molecule has 4 heteroatoms. The van der Waals surface area contributed by atoms with Gasteiger partial charge in [0.05, 0.1) is 0 Å². The Morgan fingerprint density at radius 2 is 2.20 bits per heavy atom. The minimum atomic E-state index is 0.356. The van der Waals surface area contributed by atoms with E-state index >= 15 is 0 Å². The Balaban J connectivity index is 1.52. The summed E-state index contributed by atoms with van der Waals surface area (Å²) in [5.41, 5.74) is 1.34. The van der Waals surface area contributed by atoms with Crippen LogP contribution in [0, 0.1) is 0 Å². The molecule has 1 aromatic carbocycles. The summed E-state index contributed by atoms with van der Waals surface area (Å²) in [6.45, 7) is 5.09. The van der Waals surface area contributed by atoms with Crippen molar-refractivity contribution >= 4 is 0 Å². The average Bonchev–Trinajstić information content (AvgIpc) is 3.12. The number of hydrogen-bond donors (Lipinski definition) is 1. The normalized spacial score (nSPS) is 23.2. The van der Waals surface area contributed by atoms with E-state index < -0.39 is 0 Å². The molecule has 0 spiro atoms. The molecule has 0 saturated carbocycles. The van der Waals surface area contributed by atoms with Crippen LogP contribution in [0.3, 0.4) is 0 Å². The van der Waals surface area contributed by atoms with Gasteiger partial charge in [0, 0.05) is 25.2 Å². The summed E-state index contributed by atoms with van der Waals surface area (Å²) in [5.74, 6) is 1.77. The van der Waals surface area contributed by atoms with Crippen LogP contribution in [0.1, 0.15) is 25.3 Å². The number of benzene rings is 1. The number of aryl methyl sites for hydroxylation is 1. The zero-order valence-corrected chi connectivity index (χ0v) is 12.4. The standard InChI is InChI=1S/C16H24N2O2/c1-12(18-8-7-14(10-18)17-2)3-4-13-5-6-15-16(9-13)20-11-19-15/h5-6,9,12,14,17H,3-4,7-8,10-11H2,1-2H3/t12-,14+/m1/s1. The first kappa shape index (κ1) is 13.7. The van der Waals surface area contributed by atoms with Crippen LogP contribution >= 0.6 is 0 Å². The summed E-state index contributed by atoms with van der Waals surface area (Å²) in [6, 6.07) is 7.60. The van der Waals surface area contributed by atoms with Crippen molar-refractivity contribution in [1.29, 1.82) is 0 Å². The molecular weight excluding hydrogens is 252 g/mol. The van der Waals surface area contributed by atoms with Gasteiger partial charge in [-0.3, -0.25) is 4.90 Å². The molecule has 1 N–H and O–H groups in total. The fourth-order valence-corrected chi connectivity index (χ4v) is 3.08. The van der Waals surface area contributed by atoms with E-state index in [2.05, 4.69) is 36.3 Å². The molecule has 1 saturated heterocycles. The van der Waals surface area contributed by atoms with Crippen molar-refractivity contribution in [2.75, 3.05) is 26.9 Å². The second kappa shape index (κ2) is 6.02. The van der Waals surface area contributed by atoms with Gasteiger partial charge in [-0.2, -0.15) is 0 Å². The van der Waals surface area contributed by atoms with Gasteiger partial charge < -0.3 is 14.8 Å². The summed E-state index contributed by atoms with van der Waals surface area (Å²) in [4.78, 5) is 2.59. The topological polar surface area (TPSA) is 33.7 Å². The van der Waals surface area contributed by atoms with E-state index in [1.165, 1.54) is 31.5 Å². The molecule has 2 heterocycles. The Bertz CT molecular complexity index is 464. The molecule has 0 aliphatic carbocycles. The van der Waals surface area contributed by atoms with Gasteiger partial charge in [0.15, 0.2) is 11.5 Å². The molecule has 2 aliphatic rings. The van der Waals surface area contributed by atoms with Gasteiger partial charge in [0.1, 0.15) is 0 Å². The molecule has 1 fully saturated rings. The lowest BCUT2D eigenvalue weighted by Gasteiger charge is -2.24. The van der Waals surface area contributed by atoms with Crippen LogP contribution in [-0.2, 0) is 6.42 Å². The van der Waals surface area contributed by atoms with E-state index in [0.29, 0.717) is 18.9 Å². The molecule has 1 aromatic rings. The third kappa shape index (κ3) is 2.91. The van der Waals surface area contributed by atoms with Gasteiger partial charge >= 0.3 is 0 Å². The predicted octanol–water partition coefficient (Wildman–Crippen LogP) is 2.03. The van der Waals surface area contributed by atoms with Gasteiger partial charge in [0.25, 0.3) is 0 Å². The van der Waals surface area contributed by atoms with Crippen molar-refractivity contribution in [3.63, 3.8) is 0 Å². The van der Waals surface area contributed by atoms with Crippen LogP contribution in [0.2, 0.25) is 0 Å². The highest BCUT2D eigenvalue weighted by molar-refractivity contribution is 5.44. The first-order chi connectivity index (χ1) is 9.76. The third-order valence-electron chi connectivity index (χ3n) is 4.54. The maximum atomic E-state index is 5.43. The molecule has 0 amide bonds. The Kier molecular flexibility index (Phi) is 4.13. The molecular formula is C16H24N2O2. The number of ether oxygens (including phenoxy) is 2. The molecule has 110 valence electrons. The number of likely N-dealkylation sites (N-methyl/N-ethyl adjacent to an activating group) is 1. The molecule has 4 nitrogen and oxygen atoms in total. The Labute approximate surface area is 121 Å². The summed E-state index contributed by atoms with van der Waals surface area (Å²) in [6.07, 6.45) is 3.56. The Morgan fingerprint density at radius 3 is 3.00 bits per heavy atom. The molecule has 2 atom stereocenters. The molecule has 0 aromatic heterocycles. The van der Waals surface area contributed by atoms with Crippen LogP contribution in [0.15, 0.2) is 18.2 Å². The van der Waals surface area contributed by atoms with E-state index in [1.807, 2.05) is 6.07 Å². The van der Waals surface area contributed by atoms with Gasteiger partial charge in [-0.05, 0) is 50.9 Å². The van der Waals surface area contributed by atoms with Crippen molar-refractivity contribution < 1.29 is 9.47 Å². The third-order valence-corrected chi connectivity index (χ3v) is 4.54. The average molecular weight is 276 g/mol. The van der Waals surface area contributed by atoms with E-state index in [-0.39, 0.29) is 0 Å². The van der Waals surface area contributed by atoms with E-state index in [0.717, 1.165) is 17.9 Å². The van der Waals surface area contributed by atoms with Crippen molar-refractivity contribution in [2.24, 2.45) is 0 Å². The quantitative estimate of drug-likeness (QED) is 0.892. The van der Waals surface area contributed by atoms with Gasteiger partial charge in [0.2, 0.25) is 6.79 Å². The van der Waals surface area contributed by atoms with Gasteiger partial charge in [-0.25, -0.2) is 0 Å². The zero-order valence-electron chi connectivity index (χ0n) is 12.4. The zero-order chi connectivity index (χ0) is 13.9. The number of fused-ring (bicyclic) bond motifs is 1. The maximum absolute atomic E-state index is 5.43. The summed E-state index contributed by atoms with van der Waals surface area (Å²) in [5, 5.41) is 3.38. The summed E-state index contributed by atoms with van der Waals surface area (Å²) < 4.78 is 10.8. The fourth-order valence-electron chi connectivity index (χ4n) is 3.08. The van der Waals surface area contributed by atoms with Crippen LogP contribution < -0.4 is 14.8 Å². The van der Waals surface area contributed by atoms with E-state index in [1.54, 1.807) is 0 Å². The highest BCUT2D eigenvalue weighted by atomic mass is 16.7. The lowest BCUT2D eigenvalue weighted by Crippen LogP contribution is -2.35. The molecule has 3 rings (SSSR count). The number of likely N-dealkylation sites (tertiary alicyclic amines) is 1. The highest BCUT2D eigenvalue weighted by Crippen LogP contribution is 2.33. The monoisotopic (exact) mass is 276 g/mol. The lowest BCUT2D eigenvalue weighted by molar-refractivity contribution is 0.174. The number of nitrogens with one attached hydrogen (secondary N) is 1. The minimum absolute atomic E-state index is 0.356. The Morgan fingerprint density at radius 1 is 1.35 bits per heavy atom. The summed E-state index contributed by atoms with van der Waals surface area (Å²) in [7, 11) is 2.06. The molecule has 2 aliphatic heterocycles. The van der Waals surface area contributed by atoms with Gasteiger partial charge in [-0.15, -0.1) is 0 Å². The number of rotatable bonds is 5. The predicted molar refractivity (Wildman–Crippen MR) is 79.4 cm³/mol. The van der Waals surface area contributed by atoms with Crippen molar-refractivity contribution in [3.05, 3.63) is 23.8 Å². The molecule has 0 radical (unpaired) electrons. The lowest BCUT2D eigenvalue weighted by atomic mass is 10.0. The second-order valence-electron chi connectivity index (χ2n) is 5.84. The fraction of sp³-hybridized carbons (Fsp3) is 0.625. The summed E-state index contributed by atoms with van der Waals surface area (Å²) >= 11 is 0. The van der Waals surface area contributed by atoms with Crippen LogP contribution in [0.25, 0.3) is 0 Å². The van der Waals surface area contributed by atoms with Crippen LogP contribution in [0.4, 0.5) is 0 Å². The smallest absolute Gasteiger partial charge is 0.231 e. The van der Waals surface area contributed by atoms with Crippen molar-refractivity contribution in [2.45, 2.75) is 38.3 Å². The highest BCUT2D eigenvalue weighted by Gasteiger charge is 2.24. The molecule has 0 unspecified atom stereocenters. The SMILES string of the molecule is CN[C@H]1CCN([C@H](C)CCc2ccc3c(c2)OCO3)C1. The molecule has 20 heavy (non-hydrogen) atoms. The Hall–Kier alpha value is -1.26. The van der Waals surface area contributed by atoms with Crippen LogP contribution in [-0.4, -0.2) is 43.9 Å². The van der Waals surface area contributed by atoms with Gasteiger partial charge in [-0.1, -0.05) is 6.07 Å². The number of hydrogen-bond acceptors (Lipinski definition) is 4. The van der Waals surface area contributed by atoms with Crippen molar-refractivity contribution in [3.8, 4) is 11.5 Å². The second-order valence-corrected chi connectivity index (χ2v) is 5.84. The molecule has 0 bridgehead atoms. The first-order valence-corrected chi connectivity index (χ1v) is 7.56. The van der Waals surface area contributed by atoms with E-state index in [4.69, 9.17) is 9.47 Å². The minimum Gasteiger partial charge on any atom is -0.454 e. The number of nitrogens with zero attached hydrogens (tertiary/aromatic N) is 1. The maximum Gasteiger partial charge on any atom is 0.231 e. The van der Waals surface area contributed by atoms with E-state index in [9.17, 15) is 0 Å². The largest absolute Gasteiger partial charge is 0.454 e. The first-order valence-electron chi connectivity index (χ1n) is 7.56. The van der Waals surface area contributed by atoms with Crippen LogP contribution in [0.5, 0.6) is 11.5 Å². The van der Waals surface area contributed by atoms with Crippen molar-refractivity contribution in [1.82, 2.24) is 10.2 Å².